The molecule has 0 aliphatic rings. The SMILES string of the molecule is N=C(N)c1cc(Oc2ccc(Cl)c3ccccc23)ccn1. The Morgan fingerprint density at radius 1 is 1.10 bits per heavy atom. The van der Waals surface area contributed by atoms with Gasteiger partial charge in [-0.15, -0.1) is 0 Å². The monoisotopic (exact) mass is 297 g/mol. The summed E-state index contributed by atoms with van der Waals surface area (Å²) in [4.78, 5) is 4.01. The van der Waals surface area contributed by atoms with Gasteiger partial charge in [0.05, 0.1) is 0 Å². The summed E-state index contributed by atoms with van der Waals surface area (Å²) in [6, 6.07) is 14.7. The molecule has 3 aromatic rings. The van der Waals surface area contributed by atoms with Gasteiger partial charge >= 0.3 is 0 Å². The van der Waals surface area contributed by atoms with Crippen molar-refractivity contribution in [2.75, 3.05) is 0 Å². The van der Waals surface area contributed by atoms with Crippen LogP contribution < -0.4 is 10.5 Å². The van der Waals surface area contributed by atoms with Gasteiger partial charge in [0.25, 0.3) is 0 Å². The Morgan fingerprint density at radius 3 is 2.62 bits per heavy atom. The molecule has 104 valence electrons. The molecule has 0 aliphatic heterocycles. The topological polar surface area (TPSA) is 72.0 Å². The Labute approximate surface area is 126 Å². The number of hydrogen-bond donors (Lipinski definition) is 2. The molecule has 0 spiro atoms. The molecule has 1 aromatic heterocycles. The highest BCUT2D eigenvalue weighted by molar-refractivity contribution is 6.35. The van der Waals surface area contributed by atoms with Gasteiger partial charge in [0.2, 0.25) is 0 Å². The third-order valence-electron chi connectivity index (χ3n) is 3.07. The smallest absolute Gasteiger partial charge is 0.141 e. The van der Waals surface area contributed by atoms with Crippen LogP contribution in [0.25, 0.3) is 10.8 Å². The van der Waals surface area contributed by atoms with Crippen molar-refractivity contribution < 1.29 is 4.74 Å². The molecule has 0 amide bonds. The summed E-state index contributed by atoms with van der Waals surface area (Å²) >= 11 is 6.19. The molecule has 21 heavy (non-hydrogen) atoms. The third kappa shape index (κ3) is 2.66. The minimum absolute atomic E-state index is 0.0959. The first-order chi connectivity index (χ1) is 10.1. The number of halogens is 1. The van der Waals surface area contributed by atoms with Gasteiger partial charge in [0, 0.05) is 28.1 Å². The van der Waals surface area contributed by atoms with Crippen LogP contribution in [0.4, 0.5) is 0 Å². The first kappa shape index (κ1) is 13.4. The fraction of sp³-hybridized carbons (Fsp3) is 0. The van der Waals surface area contributed by atoms with Crippen LogP contribution >= 0.6 is 11.6 Å². The number of amidine groups is 1. The molecule has 1 heterocycles. The Morgan fingerprint density at radius 2 is 1.86 bits per heavy atom. The Hall–Kier alpha value is -2.59. The van der Waals surface area contributed by atoms with Crippen molar-refractivity contribution in [3.05, 3.63) is 65.4 Å². The van der Waals surface area contributed by atoms with Gasteiger partial charge in [-0.2, -0.15) is 0 Å². The zero-order chi connectivity index (χ0) is 14.8. The fourth-order valence-corrected chi connectivity index (χ4v) is 2.30. The number of fused-ring (bicyclic) bond motifs is 1. The van der Waals surface area contributed by atoms with E-state index in [9.17, 15) is 0 Å². The molecule has 3 rings (SSSR count). The van der Waals surface area contributed by atoms with Crippen molar-refractivity contribution in [1.82, 2.24) is 4.98 Å². The standard InChI is InChI=1S/C16H12ClN3O/c17-13-5-6-15(12-4-2-1-3-11(12)13)21-10-7-8-20-14(9-10)16(18)19/h1-9H,(H3,18,19). The largest absolute Gasteiger partial charge is 0.457 e. The summed E-state index contributed by atoms with van der Waals surface area (Å²) in [6.07, 6.45) is 1.56. The van der Waals surface area contributed by atoms with Crippen molar-refractivity contribution >= 4 is 28.2 Å². The van der Waals surface area contributed by atoms with Crippen LogP contribution in [0.2, 0.25) is 5.02 Å². The van der Waals surface area contributed by atoms with Gasteiger partial charge in [-0.25, -0.2) is 0 Å². The average molecular weight is 298 g/mol. The number of nitrogens with two attached hydrogens (primary N) is 1. The lowest BCUT2D eigenvalue weighted by atomic mass is 10.1. The second-order valence-corrected chi connectivity index (χ2v) is 4.89. The first-order valence-electron chi connectivity index (χ1n) is 6.31. The maximum atomic E-state index is 7.41. The number of rotatable bonds is 3. The molecule has 2 aromatic carbocycles. The molecule has 0 fully saturated rings. The number of aromatic nitrogens is 1. The molecule has 0 radical (unpaired) electrons. The average Bonchev–Trinajstić information content (AvgIpc) is 2.51. The van der Waals surface area contributed by atoms with Crippen LogP contribution in [0.3, 0.4) is 0 Å². The minimum Gasteiger partial charge on any atom is -0.457 e. The second-order valence-electron chi connectivity index (χ2n) is 4.48. The molecule has 0 saturated carbocycles. The van der Waals surface area contributed by atoms with E-state index in [1.54, 1.807) is 24.4 Å². The molecule has 0 saturated heterocycles. The number of hydrogen-bond acceptors (Lipinski definition) is 3. The summed E-state index contributed by atoms with van der Waals surface area (Å²) in [5.41, 5.74) is 5.81. The number of benzene rings is 2. The van der Waals surface area contributed by atoms with Crippen LogP contribution in [0.5, 0.6) is 11.5 Å². The van der Waals surface area contributed by atoms with Gasteiger partial charge in [-0.3, -0.25) is 10.4 Å². The van der Waals surface area contributed by atoms with Crippen molar-refractivity contribution in [3.8, 4) is 11.5 Å². The molecule has 5 heteroatoms. The predicted octanol–water partition coefficient (Wildman–Crippen LogP) is 3.96. The lowest BCUT2D eigenvalue weighted by Gasteiger charge is -2.10. The van der Waals surface area contributed by atoms with E-state index >= 15 is 0 Å². The van der Waals surface area contributed by atoms with Gasteiger partial charge < -0.3 is 10.5 Å². The molecule has 0 aliphatic carbocycles. The van der Waals surface area contributed by atoms with Crippen LogP contribution in [0.1, 0.15) is 5.69 Å². The highest BCUT2D eigenvalue weighted by atomic mass is 35.5. The van der Waals surface area contributed by atoms with E-state index in [1.165, 1.54) is 0 Å². The van der Waals surface area contributed by atoms with Crippen LogP contribution in [-0.4, -0.2) is 10.8 Å². The normalized spacial score (nSPS) is 10.5. The quantitative estimate of drug-likeness (QED) is 0.567. The molecular weight excluding hydrogens is 286 g/mol. The lowest BCUT2D eigenvalue weighted by molar-refractivity contribution is 0.487. The van der Waals surface area contributed by atoms with Crippen LogP contribution in [-0.2, 0) is 0 Å². The highest BCUT2D eigenvalue weighted by Crippen LogP contribution is 2.33. The minimum atomic E-state index is -0.0959. The number of nitrogens with one attached hydrogen (secondary N) is 1. The second kappa shape index (κ2) is 5.42. The molecule has 0 bridgehead atoms. The predicted molar refractivity (Wildman–Crippen MR) is 84.3 cm³/mol. The van der Waals surface area contributed by atoms with E-state index in [2.05, 4.69) is 4.98 Å². The summed E-state index contributed by atoms with van der Waals surface area (Å²) in [7, 11) is 0. The molecule has 0 atom stereocenters. The molecule has 0 unspecified atom stereocenters. The summed E-state index contributed by atoms with van der Waals surface area (Å²) in [5.74, 6) is 1.17. The fourth-order valence-electron chi connectivity index (χ4n) is 2.07. The lowest BCUT2D eigenvalue weighted by Crippen LogP contribution is -2.12. The Balaban J connectivity index is 2.04. The molecule has 4 nitrogen and oxygen atoms in total. The van der Waals surface area contributed by atoms with Gasteiger partial charge in [-0.1, -0.05) is 35.9 Å². The van der Waals surface area contributed by atoms with Crippen molar-refractivity contribution in [3.63, 3.8) is 0 Å². The van der Waals surface area contributed by atoms with Crippen molar-refractivity contribution in [2.45, 2.75) is 0 Å². The zero-order valence-corrected chi connectivity index (χ0v) is 11.8. The maximum Gasteiger partial charge on any atom is 0.141 e. The van der Waals surface area contributed by atoms with E-state index in [4.69, 9.17) is 27.5 Å². The molecular formula is C16H12ClN3O. The number of pyridine rings is 1. The number of ether oxygens (including phenoxy) is 1. The Bertz CT molecular complexity index is 833. The van der Waals surface area contributed by atoms with Crippen molar-refractivity contribution in [1.29, 1.82) is 5.41 Å². The highest BCUT2D eigenvalue weighted by Gasteiger charge is 2.07. The van der Waals surface area contributed by atoms with Crippen LogP contribution in [0.15, 0.2) is 54.7 Å². The summed E-state index contributed by atoms with van der Waals surface area (Å²) in [6.45, 7) is 0. The van der Waals surface area contributed by atoms with E-state index < -0.39 is 0 Å². The summed E-state index contributed by atoms with van der Waals surface area (Å²) in [5, 5.41) is 9.94. The zero-order valence-electron chi connectivity index (χ0n) is 11.0. The van der Waals surface area contributed by atoms with Gasteiger partial charge in [0.15, 0.2) is 0 Å². The molecule has 3 N–H and O–H groups in total. The third-order valence-corrected chi connectivity index (χ3v) is 3.40. The maximum absolute atomic E-state index is 7.41. The number of nitrogens with zero attached hydrogens (tertiary/aromatic N) is 1. The van der Waals surface area contributed by atoms with Crippen molar-refractivity contribution in [2.24, 2.45) is 5.73 Å². The van der Waals surface area contributed by atoms with Gasteiger partial charge in [0.1, 0.15) is 23.0 Å². The summed E-state index contributed by atoms with van der Waals surface area (Å²) < 4.78 is 5.89. The Kier molecular flexibility index (Phi) is 3.46. The first-order valence-corrected chi connectivity index (χ1v) is 6.68. The van der Waals surface area contributed by atoms with E-state index in [0.29, 0.717) is 22.2 Å². The van der Waals surface area contributed by atoms with Crippen LogP contribution in [0, 0.1) is 5.41 Å². The van der Waals surface area contributed by atoms with E-state index in [-0.39, 0.29) is 5.84 Å². The van der Waals surface area contributed by atoms with Gasteiger partial charge in [-0.05, 0) is 18.2 Å². The van der Waals surface area contributed by atoms with E-state index in [0.717, 1.165) is 10.8 Å². The van der Waals surface area contributed by atoms with E-state index in [1.807, 2.05) is 30.3 Å². The number of nitrogen functional groups attached to an aromatic ring is 1.